The molecule has 10 heteroatoms. The van der Waals surface area contributed by atoms with E-state index in [1.165, 1.54) is 6.08 Å². The fourth-order valence-electron chi connectivity index (χ4n) is 3.11. The fourth-order valence-corrected chi connectivity index (χ4v) is 3.69. The van der Waals surface area contributed by atoms with Gasteiger partial charge in [-0.2, -0.15) is 0 Å². The summed E-state index contributed by atoms with van der Waals surface area (Å²) < 4.78 is 6.62. The van der Waals surface area contributed by atoms with Gasteiger partial charge in [-0.05, 0) is 44.0 Å². The number of anilines is 1. The van der Waals surface area contributed by atoms with E-state index in [4.69, 9.17) is 4.42 Å². The Morgan fingerprint density at radius 2 is 1.94 bits per heavy atom. The van der Waals surface area contributed by atoms with Crippen LogP contribution in [0.1, 0.15) is 28.3 Å². The summed E-state index contributed by atoms with van der Waals surface area (Å²) in [5, 5.41) is 10.9. The minimum Gasteiger partial charge on any atom is -0.416 e. The fraction of sp³-hybridized carbons (Fsp3) is 0.286. The highest BCUT2D eigenvalue weighted by molar-refractivity contribution is 7.99. The lowest BCUT2D eigenvalue weighted by Gasteiger charge is -2.07. The molecule has 2 aromatic heterocycles. The number of aromatic amines is 1. The third-order valence-electron chi connectivity index (χ3n) is 4.42. The first-order valence-electron chi connectivity index (χ1n) is 9.53. The average molecular weight is 442 g/mol. The molecular weight excluding hydrogens is 418 g/mol. The van der Waals surface area contributed by atoms with E-state index in [9.17, 15) is 14.4 Å². The van der Waals surface area contributed by atoms with Crippen LogP contribution >= 0.6 is 11.8 Å². The SMILES string of the molecule is C=CCn1c(=O)[nH]c(C)c(Cc2nnc(SCC(=O)Nc3cc(C)cc(C)c3)o2)c1=O. The minimum atomic E-state index is -0.497. The number of hydrogen-bond acceptors (Lipinski definition) is 7. The Morgan fingerprint density at radius 1 is 1.23 bits per heavy atom. The van der Waals surface area contributed by atoms with Crippen molar-refractivity contribution >= 4 is 23.4 Å². The van der Waals surface area contributed by atoms with Crippen molar-refractivity contribution in [2.75, 3.05) is 11.1 Å². The Kier molecular flexibility index (Phi) is 6.91. The largest absolute Gasteiger partial charge is 0.416 e. The van der Waals surface area contributed by atoms with Gasteiger partial charge in [0.2, 0.25) is 11.8 Å². The Labute approximate surface area is 182 Å². The summed E-state index contributed by atoms with van der Waals surface area (Å²) in [5.74, 6) is 0.117. The van der Waals surface area contributed by atoms with Crippen LogP contribution in [0.15, 0.2) is 50.1 Å². The van der Waals surface area contributed by atoms with Crippen LogP contribution in [-0.2, 0) is 17.8 Å². The number of thioether (sulfide) groups is 1. The second kappa shape index (κ2) is 9.61. The summed E-state index contributed by atoms with van der Waals surface area (Å²) in [4.78, 5) is 39.4. The minimum absolute atomic E-state index is 0.0704. The zero-order valence-electron chi connectivity index (χ0n) is 17.5. The molecule has 9 nitrogen and oxygen atoms in total. The van der Waals surface area contributed by atoms with Crippen LogP contribution in [0.3, 0.4) is 0 Å². The van der Waals surface area contributed by atoms with Crippen molar-refractivity contribution in [2.45, 2.75) is 39.0 Å². The van der Waals surface area contributed by atoms with Gasteiger partial charge in [-0.25, -0.2) is 4.79 Å². The topological polar surface area (TPSA) is 123 Å². The van der Waals surface area contributed by atoms with Crippen molar-refractivity contribution in [3.8, 4) is 0 Å². The van der Waals surface area contributed by atoms with Crippen LogP contribution in [0.4, 0.5) is 5.69 Å². The maximum Gasteiger partial charge on any atom is 0.328 e. The van der Waals surface area contributed by atoms with Crippen LogP contribution in [-0.4, -0.2) is 31.4 Å². The molecule has 0 saturated heterocycles. The third kappa shape index (κ3) is 5.60. The molecule has 0 bridgehead atoms. The van der Waals surface area contributed by atoms with E-state index < -0.39 is 11.2 Å². The second-order valence-electron chi connectivity index (χ2n) is 7.09. The number of hydrogen-bond donors (Lipinski definition) is 2. The van der Waals surface area contributed by atoms with E-state index in [1.807, 2.05) is 32.0 Å². The monoisotopic (exact) mass is 441 g/mol. The summed E-state index contributed by atoms with van der Waals surface area (Å²) >= 11 is 1.10. The number of amides is 1. The molecule has 0 saturated carbocycles. The quantitative estimate of drug-likeness (QED) is 0.406. The van der Waals surface area contributed by atoms with Crippen LogP contribution in [0.2, 0.25) is 0 Å². The Bertz CT molecular complexity index is 1220. The van der Waals surface area contributed by atoms with Gasteiger partial charge in [-0.3, -0.25) is 14.2 Å². The number of nitrogens with one attached hydrogen (secondary N) is 2. The number of rotatable bonds is 8. The van der Waals surface area contributed by atoms with Crippen molar-refractivity contribution in [3.63, 3.8) is 0 Å². The maximum absolute atomic E-state index is 12.6. The van der Waals surface area contributed by atoms with Crippen molar-refractivity contribution < 1.29 is 9.21 Å². The molecule has 3 rings (SSSR count). The molecule has 0 atom stereocenters. The highest BCUT2D eigenvalue weighted by Crippen LogP contribution is 2.19. The molecule has 0 fully saturated rings. The number of benzene rings is 1. The molecular formula is C21H23N5O4S. The molecule has 1 amide bonds. The number of aromatic nitrogens is 4. The summed E-state index contributed by atoms with van der Waals surface area (Å²) in [7, 11) is 0. The number of aryl methyl sites for hydroxylation is 3. The van der Waals surface area contributed by atoms with Crippen molar-refractivity contribution in [3.05, 3.63) is 80.0 Å². The molecule has 0 aliphatic heterocycles. The van der Waals surface area contributed by atoms with E-state index >= 15 is 0 Å². The van der Waals surface area contributed by atoms with E-state index in [0.29, 0.717) is 11.3 Å². The van der Waals surface area contributed by atoms with Gasteiger partial charge in [0.15, 0.2) is 0 Å². The standard InChI is InChI=1S/C21H23N5O4S/c1-5-6-26-19(28)16(14(4)22-20(26)29)10-18-24-25-21(30-18)31-11-17(27)23-15-8-12(2)7-13(3)9-15/h5,7-9H,1,6,10-11H2,2-4H3,(H,22,29)(H,23,27). The zero-order chi connectivity index (χ0) is 22.5. The molecule has 0 radical (unpaired) electrons. The van der Waals surface area contributed by atoms with Crippen LogP contribution < -0.4 is 16.6 Å². The van der Waals surface area contributed by atoms with E-state index in [1.54, 1.807) is 6.92 Å². The van der Waals surface area contributed by atoms with Crippen molar-refractivity contribution in [2.24, 2.45) is 0 Å². The number of carbonyl (C=O) groups is 1. The van der Waals surface area contributed by atoms with Crippen LogP contribution in [0, 0.1) is 20.8 Å². The summed E-state index contributed by atoms with van der Waals surface area (Å²) in [6.07, 6.45) is 1.54. The van der Waals surface area contributed by atoms with Crippen molar-refractivity contribution in [1.29, 1.82) is 0 Å². The highest BCUT2D eigenvalue weighted by Gasteiger charge is 2.16. The summed E-state index contributed by atoms with van der Waals surface area (Å²) in [6.45, 7) is 9.23. The molecule has 0 aliphatic carbocycles. The lowest BCUT2D eigenvalue weighted by atomic mass is 10.1. The van der Waals surface area contributed by atoms with Gasteiger partial charge in [0.1, 0.15) is 0 Å². The first-order valence-corrected chi connectivity index (χ1v) is 10.5. The molecule has 2 heterocycles. The molecule has 0 spiro atoms. The molecule has 1 aromatic carbocycles. The molecule has 0 unspecified atom stereocenters. The van der Waals surface area contributed by atoms with Crippen LogP contribution in [0.5, 0.6) is 0 Å². The van der Waals surface area contributed by atoms with Gasteiger partial charge in [0.25, 0.3) is 10.8 Å². The van der Waals surface area contributed by atoms with Gasteiger partial charge in [0.05, 0.1) is 12.2 Å². The Hall–Kier alpha value is -3.40. The summed E-state index contributed by atoms with van der Waals surface area (Å²) in [5.41, 5.74) is 2.73. The molecule has 2 N–H and O–H groups in total. The van der Waals surface area contributed by atoms with E-state index in [0.717, 1.165) is 33.1 Å². The average Bonchev–Trinajstić information content (AvgIpc) is 3.13. The van der Waals surface area contributed by atoms with Gasteiger partial charge in [0, 0.05) is 23.5 Å². The number of H-pyrrole nitrogens is 1. The zero-order valence-corrected chi connectivity index (χ0v) is 18.3. The predicted molar refractivity (Wildman–Crippen MR) is 119 cm³/mol. The van der Waals surface area contributed by atoms with Gasteiger partial charge in [-0.15, -0.1) is 16.8 Å². The second-order valence-corrected chi connectivity index (χ2v) is 8.02. The first kappa shape index (κ1) is 22.3. The number of carbonyl (C=O) groups excluding carboxylic acids is 1. The highest BCUT2D eigenvalue weighted by atomic mass is 32.2. The van der Waals surface area contributed by atoms with Gasteiger partial charge >= 0.3 is 5.69 Å². The smallest absolute Gasteiger partial charge is 0.328 e. The predicted octanol–water partition coefficient (Wildman–Crippen LogP) is 2.35. The molecule has 3 aromatic rings. The van der Waals surface area contributed by atoms with Gasteiger partial charge in [-0.1, -0.05) is 23.9 Å². The third-order valence-corrected chi connectivity index (χ3v) is 5.23. The van der Waals surface area contributed by atoms with Crippen LogP contribution in [0.25, 0.3) is 0 Å². The normalized spacial score (nSPS) is 10.8. The maximum atomic E-state index is 12.6. The number of allylic oxidation sites excluding steroid dienone is 1. The van der Waals surface area contributed by atoms with E-state index in [2.05, 4.69) is 27.1 Å². The first-order chi connectivity index (χ1) is 14.8. The Morgan fingerprint density at radius 3 is 2.61 bits per heavy atom. The number of nitrogens with zero attached hydrogens (tertiary/aromatic N) is 3. The van der Waals surface area contributed by atoms with E-state index in [-0.39, 0.29) is 35.7 Å². The Balaban J connectivity index is 1.65. The molecule has 0 aliphatic rings. The lowest BCUT2D eigenvalue weighted by molar-refractivity contribution is -0.113. The molecule has 31 heavy (non-hydrogen) atoms. The van der Waals surface area contributed by atoms with Gasteiger partial charge < -0.3 is 14.7 Å². The molecule has 162 valence electrons. The summed E-state index contributed by atoms with van der Waals surface area (Å²) in [6, 6.07) is 5.82. The van der Waals surface area contributed by atoms with Crippen molar-refractivity contribution in [1.82, 2.24) is 19.7 Å². The lowest BCUT2D eigenvalue weighted by Crippen LogP contribution is -2.37.